The molecule has 2 aromatic carbocycles. The van der Waals surface area contributed by atoms with E-state index in [1.807, 2.05) is 0 Å². The van der Waals surface area contributed by atoms with E-state index < -0.39 is 23.9 Å². The Bertz CT molecular complexity index is 916. The van der Waals surface area contributed by atoms with Crippen LogP contribution in [-0.4, -0.2) is 50.8 Å². The van der Waals surface area contributed by atoms with Crippen LogP contribution in [0.5, 0.6) is 0 Å². The lowest BCUT2D eigenvalue weighted by molar-refractivity contribution is 0.0265. The molecule has 0 saturated heterocycles. The molecule has 8 nitrogen and oxygen atoms in total. The highest BCUT2D eigenvalue weighted by Gasteiger charge is 2.13. The summed E-state index contributed by atoms with van der Waals surface area (Å²) in [6.07, 6.45) is 2.85. The topological polar surface area (TPSA) is 105 Å². The first-order valence-corrected chi connectivity index (χ1v) is 10.3. The number of carbonyl (C=O) groups excluding carboxylic acids is 4. The van der Waals surface area contributed by atoms with Gasteiger partial charge in [0.15, 0.2) is 0 Å². The van der Waals surface area contributed by atoms with Crippen LogP contribution < -0.4 is 0 Å². The largest absolute Gasteiger partial charge is 0.465 e. The van der Waals surface area contributed by atoms with Crippen LogP contribution >= 0.6 is 0 Å². The van der Waals surface area contributed by atoms with E-state index in [0.717, 1.165) is 19.3 Å². The minimum absolute atomic E-state index is 0.133. The fourth-order valence-corrected chi connectivity index (χ4v) is 2.64. The summed E-state index contributed by atoms with van der Waals surface area (Å²) in [4.78, 5) is 47.4. The molecular formula is C24H26O8. The zero-order valence-electron chi connectivity index (χ0n) is 18.1. The van der Waals surface area contributed by atoms with E-state index in [9.17, 15) is 19.2 Å². The molecule has 0 aliphatic rings. The minimum atomic E-state index is -0.612. The number of hydrogen-bond acceptors (Lipinski definition) is 8. The average Bonchev–Trinajstić information content (AvgIpc) is 2.83. The van der Waals surface area contributed by atoms with Gasteiger partial charge in [-0.25, -0.2) is 19.2 Å². The number of rotatable bonds is 11. The molecule has 0 amide bonds. The summed E-state index contributed by atoms with van der Waals surface area (Å²) in [5.41, 5.74) is 1.18. The van der Waals surface area contributed by atoms with E-state index in [1.54, 1.807) is 0 Å². The van der Waals surface area contributed by atoms with E-state index in [4.69, 9.17) is 14.2 Å². The predicted molar refractivity (Wildman–Crippen MR) is 115 cm³/mol. The Labute approximate surface area is 186 Å². The molecule has 0 fully saturated rings. The monoisotopic (exact) mass is 442 g/mol. The highest BCUT2D eigenvalue weighted by molar-refractivity contribution is 5.94. The van der Waals surface area contributed by atoms with Crippen molar-refractivity contribution in [1.29, 1.82) is 0 Å². The van der Waals surface area contributed by atoms with E-state index in [1.165, 1.54) is 55.6 Å². The molecule has 2 rings (SSSR count). The summed E-state index contributed by atoms with van der Waals surface area (Å²) in [6, 6.07) is 11.7. The normalized spacial score (nSPS) is 10.2. The smallest absolute Gasteiger partial charge is 0.338 e. The molecule has 0 unspecified atom stereocenters. The zero-order chi connectivity index (χ0) is 23.3. The van der Waals surface area contributed by atoms with Crippen molar-refractivity contribution >= 4 is 23.9 Å². The lowest BCUT2D eigenvalue weighted by Gasteiger charge is -2.08. The van der Waals surface area contributed by atoms with E-state index in [-0.39, 0.29) is 24.3 Å². The van der Waals surface area contributed by atoms with Crippen LogP contribution in [0, 0.1) is 0 Å². The van der Waals surface area contributed by atoms with Crippen LogP contribution in [0.3, 0.4) is 0 Å². The molecule has 0 heterocycles. The molecule has 0 spiro atoms. The van der Waals surface area contributed by atoms with Gasteiger partial charge in [0.2, 0.25) is 0 Å². The molecule has 0 aliphatic carbocycles. The number of ether oxygens (including phenoxy) is 4. The summed E-state index contributed by atoms with van der Waals surface area (Å²) in [6.45, 7) is 2.16. The Balaban J connectivity index is 1.74. The van der Waals surface area contributed by atoms with Crippen molar-refractivity contribution in [3.05, 3.63) is 70.8 Å². The van der Waals surface area contributed by atoms with Crippen LogP contribution in [0.1, 0.15) is 67.6 Å². The average molecular weight is 442 g/mol. The second-order valence-corrected chi connectivity index (χ2v) is 6.76. The van der Waals surface area contributed by atoms with Crippen molar-refractivity contribution in [2.24, 2.45) is 0 Å². The van der Waals surface area contributed by atoms with E-state index in [2.05, 4.69) is 11.7 Å². The van der Waals surface area contributed by atoms with Gasteiger partial charge in [-0.05, 0) is 55.0 Å². The molecule has 8 heteroatoms. The summed E-state index contributed by atoms with van der Waals surface area (Å²) < 4.78 is 19.9. The molecule has 170 valence electrons. The second kappa shape index (κ2) is 12.9. The first-order chi connectivity index (χ1) is 15.5. The minimum Gasteiger partial charge on any atom is -0.465 e. The number of methoxy groups -OCH3 is 1. The first kappa shape index (κ1) is 24.6. The second-order valence-electron chi connectivity index (χ2n) is 6.76. The zero-order valence-corrected chi connectivity index (χ0v) is 18.1. The molecule has 0 aliphatic heterocycles. The van der Waals surface area contributed by atoms with Gasteiger partial charge in [0, 0.05) is 0 Å². The summed E-state index contributed by atoms with van der Waals surface area (Å²) in [5.74, 6) is -2.16. The maximum atomic E-state index is 12.1. The summed E-state index contributed by atoms with van der Waals surface area (Å²) in [7, 11) is 1.27. The van der Waals surface area contributed by atoms with Crippen molar-refractivity contribution < 1.29 is 38.1 Å². The van der Waals surface area contributed by atoms with Crippen LogP contribution in [-0.2, 0) is 18.9 Å². The predicted octanol–water partition coefficient (Wildman–Crippen LogP) is 3.83. The third kappa shape index (κ3) is 7.54. The molecule has 0 bridgehead atoms. The third-order valence-electron chi connectivity index (χ3n) is 4.43. The number of unbranched alkanes of at least 4 members (excludes halogenated alkanes) is 2. The number of carbonyl (C=O) groups is 4. The van der Waals surface area contributed by atoms with Gasteiger partial charge in [-0.3, -0.25) is 0 Å². The Morgan fingerprint density at radius 3 is 1.25 bits per heavy atom. The van der Waals surface area contributed by atoms with Crippen molar-refractivity contribution in [2.45, 2.75) is 26.2 Å². The number of esters is 4. The SMILES string of the molecule is CCCCCOC(=O)c1ccc(C(=O)OCCOC(=O)c2ccc(C(=O)OC)cc2)cc1. The molecule has 0 radical (unpaired) electrons. The maximum Gasteiger partial charge on any atom is 0.338 e. The molecule has 0 aromatic heterocycles. The van der Waals surface area contributed by atoms with Gasteiger partial charge in [0.05, 0.1) is 36.0 Å². The Morgan fingerprint density at radius 1 is 0.562 bits per heavy atom. The fraction of sp³-hybridized carbons (Fsp3) is 0.333. The lowest BCUT2D eigenvalue weighted by Crippen LogP contribution is -2.14. The van der Waals surface area contributed by atoms with Crippen molar-refractivity contribution in [3.8, 4) is 0 Å². The quantitative estimate of drug-likeness (QED) is 0.294. The van der Waals surface area contributed by atoms with Gasteiger partial charge < -0.3 is 18.9 Å². The lowest BCUT2D eigenvalue weighted by atomic mass is 10.1. The third-order valence-corrected chi connectivity index (χ3v) is 4.43. The fourth-order valence-electron chi connectivity index (χ4n) is 2.64. The van der Waals surface area contributed by atoms with Gasteiger partial charge >= 0.3 is 23.9 Å². The molecule has 0 N–H and O–H groups in total. The van der Waals surface area contributed by atoms with Gasteiger partial charge in [0.25, 0.3) is 0 Å². The van der Waals surface area contributed by atoms with Crippen molar-refractivity contribution in [2.75, 3.05) is 26.9 Å². The number of benzene rings is 2. The molecule has 0 atom stereocenters. The first-order valence-electron chi connectivity index (χ1n) is 10.3. The Hall–Kier alpha value is -3.68. The van der Waals surface area contributed by atoms with E-state index >= 15 is 0 Å². The van der Waals surface area contributed by atoms with Crippen LogP contribution in [0.15, 0.2) is 48.5 Å². The van der Waals surface area contributed by atoms with Gasteiger partial charge in [-0.1, -0.05) is 19.8 Å². The van der Waals surface area contributed by atoms with Crippen LogP contribution in [0.2, 0.25) is 0 Å². The maximum absolute atomic E-state index is 12.1. The summed E-state index contributed by atoms with van der Waals surface area (Å²) in [5, 5.41) is 0. The van der Waals surface area contributed by atoms with Crippen molar-refractivity contribution in [3.63, 3.8) is 0 Å². The highest BCUT2D eigenvalue weighted by atomic mass is 16.6. The Morgan fingerprint density at radius 2 is 0.906 bits per heavy atom. The van der Waals surface area contributed by atoms with Gasteiger partial charge in [0.1, 0.15) is 13.2 Å². The highest BCUT2D eigenvalue weighted by Crippen LogP contribution is 2.09. The standard InChI is InChI=1S/C24H26O8/c1-3-4-5-14-30-22(26)18-10-12-20(13-11-18)24(28)32-16-15-31-23(27)19-8-6-17(7-9-19)21(25)29-2/h6-13H,3-5,14-16H2,1-2H3. The molecule has 2 aromatic rings. The number of hydrogen-bond donors (Lipinski definition) is 0. The molecular weight excluding hydrogens is 416 g/mol. The van der Waals surface area contributed by atoms with Crippen LogP contribution in [0.4, 0.5) is 0 Å². The van der Waals surface area contributed by atoms with Gasteiger partial charge in [-0.2, -0.15) is 0 Å². The van der Waals surface area contributed by atoms with Gasteiger partial charge in [-0.15, -0.1) is 0 Å². The summed E-state index contributed by atoms with van der Waals surface area (Å²) >= 11 is 0. The molecule has 32 heavy (non-hydrogen) atoms. The van der Waals surface area contributed by atoms with Crippen LogP contribution in [0.25, 0.3) is 0 Å². The van der Waals surface area contributed by atoms with Crippen molar-refractivity contribution in [1.82, 2.24) is 0 Å². The molecule has 0 saturated carbocycles. The Kier molecular flexibility index (Phi) is 9.90. The van der Waals surface area contributed by atoms with E-state index in [0.29, 0.717) is 17.7 Å².